The fourth-order valence-electron chi connectivity index (χ4n) is 2.67. The van der Waals surface area contributed by atoms with Crippen molar-refractivity contribution >= 4 is 11.0 Å². The highest BCUT2D eigenvalue weighted by molar-refractivity contribution is 5.75. The molecule has 0 atom stereocenters. The van der Waals surface area contributed by atoms with Crippen molar-refractivity contribution in [3.8, 4) is 0 Å². The molecule has 1 aliphatic heterocycles. The van der Waals surface area contributed by atoms with Crippen molar-refractivity contribution in [2.45, 2.75) is 19.9 Å². The van der Waals surface area contributed by atoms with E-state index in [0.717, 1.165) is 26.2 Å². The van der Waals surface area contributed by atoms with Gasteiger partial charge in [0.1, 0.15) is 11.2 Å². The van der Waals surface area contributed by atoms with Gasteiger partial charge in [0.2, 0.25) is 0 Å². The molecule has 0 radical (unpaired) electrons. The summed E-state index contributed by atoms with van der Waals surface area (Å²) in [5, 5.41) is 3.27. The van der Waals surface area contributed by atoms with Crippen LogP contribution in [0.25, 0.3) is 11.0 Å². The Balaban J connectivity index is 1.97. The third-order valence-corrected chi connectivity index (χ3v) is 3.89. The van der Waals surface area contributed by atoms with Crippen molar-refractivity contribution in [2.24, 2.45) is 0 Å². The molecular formula is C15H19FN4O. The standard InChI is InChI=1S/C15H19FN4O/c1-2-11-15(21)19-14-12(18-11)4-3-10(13(14)16)9-20-7-5-17-6-8-20/h3-4,17H,2,5-9H2,1H3,(H,19,21). The molecule has 2 heterocycles. The third kappa shape index (κ3) is 2.82. The molecule has 0 saturated carbocycles. The summed E-state index contributed by atoms with van der Waals surface area (Å²) in [5.74, 6) is -0.363. The van der Waals surface area contributed by atoms with Crippen molar-refractivity contribution in [2.75, 3.05) is 26.2 Å². The molecule has 1 aliphatic rings. The maximum Gasteiger partial charge on any atom is 0.270 e. The van der Waals surface area contributed by atoms with Crippen LogP contribution < -0.4 is 10.9 Å². The molecule has 0 spiro atoms. The number of H-pyrrole nitrogens is 1. The van der Waals surface area contributed by atoms with Crippen LogP contribution in [0, 0.1) is 5.82 Å². The zero-order chi connectivity index (χ0) is 14.8. The molecule has 0 aliphatic carbocycles. The van der Waals surface area contributed by atoms with E-state index < -0.39 is 0 Å². The van der Waals surface area contributed by atoms with Gasteiger partial charge in [0, 0.05) is 38.3 Å². The van der Waals surface area contributed by atoms with Gasteiger partial charge in [-0.15, -0.1) is 0 Å². The lowest BCUT2D eigenvalue weighted by atomic mass is 10.1. The maximum atomic E-state index is 14.6. The van der Waals surface area contributed by atoms with Gasteiger partial charge in [-0.2, -0.15) is 0 Å². The number of piperazine rings is 1. The van der Waals surface area contributed by atoms with Gasteiger partial charge in [-0.25, -0.2) is 9.37 Å². The predicted molar refractivity (Wildman–Crippen MR) is 79.8 cm³/mol. The molecule has 2 N–H and O–H groups in total. The van der Waals surface area contributed by atoms with Gasteiger partial charge in [0.15, 0.2) is 5.82 Å². The molecule has 2 aromatic rings. The summed E-state index contributed by atoms with van der Waals surface area (Å²) in [7, 11) is 0. The maximum absolute atomic E-state index is 14.6. The Labute approximate surface area is 122 Å². The van der Waals surface area contributed by atoms with Crippen LogP contribution in [0.4, 0.5) is 4.39 Å². The second kappa shape index (κ2) is 5.91. The number of aromatic nitrogens is 2. The molecular weight excluding hydrogens is 271 g/mol. The Morgan fingerprint density at radius 2 is 2.10 bits per heavy atom. The van der Waals surface area contributed by atoms with Crippen LogP contribution in [0.5, 0.6) is 0 Å². The van der Waals surface area contributed by atoms with E-state index in [9.17, 15) is 9.18 Å². The molecule has 0 bridgehead atoms. The lowest BCUT2D eigenvalue weighted by molar-refractivity contribution is 0.230. The molecule has 1 saturated heterocycles. The van der Waals surface area contributed by atoms with E-state index in [0.29, 0.717) is 29.7 Å². The normalized spacial score (nSPS) is 16.5. The highest BCUT2D eigenvalue weighted by Crippen LogP contribution is 2.18. The number of aryl methyl sites for hydroxylation is 1. The Bertz CT molecular complexity index is 707. The number of rotatable bonds is 3. The van der Waals surface area contributed by atoms with Gasteiger partial charge in [-0.3, -0.25) is 9.69 Å². The SMILES string of the molecule is CCc1nc2ccc(CN3CCNCC3)c(F)c2[nH]c1=O. The van der Waals surface area contributed by atoms with Crippen LogP contribution in [0.1, 0.15) is 18.2 Å². The molecule has 1 fully saturated rings. The van der Waals surface area contributed by atoms with Crippen LogP contribution >= 0.6 is 0 Å². The van der Waals surface area contributed by atoms with Crippen molar-refractivity contribution in [3.05, 3.63) is 39.6 Å². The van der Waals surface area contributed by atoms with Gasteiger partial charge in [0.05, 0.1) is 5.52 Å². The summed E-state index contributed by atoms with van der Waals surface area (Å²) in [5.41, 5.74) is 1.46. The average molecular weight is 290 g/mol. The second-order valence-electron chi connectivity index (χ2n) is 5.33. The summed E-state index contributed by atoms with van der Waals surface area (Å²) in [6, 6.07) is 3.55. The molecule has 0 unspecified atom stereocenters. The van der Waals surface area contributed by atoms with E-state index in [4.69, 9.17) is 0 Å². The molecule has 21 heavy (non-hydrogen) atoms. The van der Waals surface area contributed by atoms with Crippen LogP contribution in [-0.4, -0.2) is 41.0 Å². The van der Waals surface area contributed by atoms with E-state index in [1.54, 1.807) is 12.1 Å². The Morgan fingerprint density at radius 3 is 2.81 bits per heavy atom. The Hall–Kier alpha value is -1.79. The summed E-state index contributed by atoms with van der Waals surface area (Å²) in [4.78, 5) is 20.9. The van der Waals surface area contributed by atoms with Crippen molar-refractivity contribution in [3.63, 3.8) is 0 Å². The zero-order valence-corrected chi connectivity index (χ0v) is 12.1. The number of nitrogens with one attached hydrogen (secondary N) is 2. The first kappa shape index (κ1) is 14.2. The highest BCUT2D eigenvalue weighted by Gasteiger charge is 2.15. The first-order valence-corrected chi connectivity index (χ1v) is 7.32. The number of nitrogens with zero attached hydrogens (tertiary/aromatic N) is 2. The number of aromatic amines is 1. The highest BCUT2D eigenvalue weighted by atomic mass is 19.1. The van der Waals surface area contributed by atoms with Crippen molar-refractivity contribution in [1.82, 2.24) is 20.2 Å². The quantitative estimate of drug-likeness (QED) is 0.886. The predicted octanol–water partition coefficient (Wildman–Crippen LogP) is 1.03. The summed E-state index contributed by atoms with van der Waals surface area (Å²) >= 11 is 0. The number of fused-ring (bicyclic) bond motifs is 1. The van der Waals surface area contributed by atoms with Crippen LogP contribution in [0.2, 0.25) is 0 Å². The molecule has 112 valence electrons. The number of benzene rings is 1. The Morgan fingerprint density at radius 1 is 1.33 bits per heavy atom. The third-order valence-electron chi connectivity index (χ3n) is 3.89. The van der Waals surface area contributed by atoms with Crippen LogP contribution in [0.3, 0.4) is 0 Å². The first-order valence-electron chi connectivity index (χ1n) is 7.32. The summed E-state index contributed by atoms with van der Waals surface area (Å²) < 4.78 is 14.6. The number of halogens is 1. The molecule has 3 rings (SSSR count). The van der Waals surface area contributed by atoms with Crippen LogP contribution in [0.15, 0.2) is 16.9 Å². The fraction of sp³-hybridized carbons (Fsp3) is 0.467. The topological polar surface area (TPSA) is 61.0 Å². The minimum Gasteiger partial charge on any atom is -0.317 e. The van der Waals surface area contributed by atoms with E-state index in [1.165, 1.54) is 0 Å². The fourth-order valence-corrected chi connectivity index (χ4v) is 2.67. The lowest BCUT2D eigenvalue weighted by Crippen LogP contribution is -2.43. The van der Waals surface area contributed by atoms with E-state index in [1.807, 2.05) is 6.92 Å². The molecule has 1 aromatic carbocycles. The minimum absolute atomic E-state index is 0.213. The first-order chi connectivity index (χ1) is 10.2. The van der Waals surface area contributed by atoms with Crippen molar-refractivity contribution < 1.29 is 4.39 Å². The van der Waals surface area contributed by atoms with E-state index >= 15 is 0 Å². The number of hydrogen-bond donors (Lipinski definition) is 2. The average Bonchev–Trinajstić information content (AvgIpc) is 2.51. The smallest absolute Gasteiger partial charge is 0.270 e. The largest absolute Gasteiger partial charge is 0.317 e. The van der Waals surface area contributed by atoms with E-state index in [-0.39, 0.29) is 16.9 Å². The summed E-state index contributed by atoms with van der Waals surface area (Å²) in [6.45, 7) is 6.07. The molecule has 1 aromatic heterocycles. The second-order valence-corrected chi connectivity index (χ2v) is 5.33. The van der Waals surface area contributed by atoms with Gasteiger partial charge >= 0.3 is 0 Å². The zero-order valence-electron chi connectivity index (χ0n) is 12.1. The van der Waals surface area contributed by atoms with Gasteiger partial charge in [0.25, 0.3) is 5.56 Å². The van der Waals surface area contributed by atoms with Gasteiger partial charge < -0.3 is 10.3 Å². The van der Waals surface area contributed by atoms with Crippen LogP contribution in [-0.2, 0) is 13.0 Å². The van der Waals surface area contributed by atoms with Gasteiger partial charge in [-0.1, -0.05) is 13.0 Å². The van der Waals surface area contributed by atoms with Gasteiger partial charge in [-0.05, 0) is 12.5 Å². The molecule has 0 amide bonds. The molecule has 5 nitrogen and oxygen atoms in total. The monoisotopic (exact) mass is 290 g/mol. The number of hydrogen-bond acceptors (Lipinski definition) is 4. The molecule has 6 heteroatoms. The lowest BCUT2D eigenvalue weighted by Gasteiger charge is -2.27. The minimum atomic E-state index is -0.363. The van der Waals surface area contributed by atoms with E-state index in [2.05, 4.69) is 20.2 Å². The Kier molecular flexibility index (Phi) is 3.98. The summed E-state index contributed by atoms with van der Waals surface area (Å²) in [6.07, 6.45) is 0.537. The van der Waals surface area contributed by atoms with Crippen molar-refractivity contribution in [1.29, 1.82) is 0 Å².